The number of pyridine rings is 1. The highest BCUT2D eigenvalue weighted by Crippen LogP contribution is 2.31. The lowest BCUT2D eigenvalue weighted by molar-refractivity contribution is 0.0742. The number of nitriles is 1. The van der Waals surface area contributed by atoms with Gasteiger partial charge in [0.05, 0.1) is 25.3 Å². The molecule has 1 aromatic carbocycles. The molecule has 1 fully saturated rings. The number of nitrogens with zero attached hydrogens (tertiary/aromatic N) is 4. The maximum Gasteiger partial charge on any atom is 0.257 e. The number of para-hydroxylation sites is 1. The summed E-state index contributed by atoms with van der Waals surface area (Å²) in [7, 11) is 3.08. The van der Waals surface area contributed by atoms with Gasteiger partial charge in [0, 0.05) is 32.4 Å². The molecule has 2 heterocycles. The van der Waals surface area contributed by atoms with Gasteiger partial charge >= 0.3 is 0 Å². The summed E-state index contributed by atoms with van der Waals surface area (Å²) in [5.74, 6) is 1.73. The predicted octanol–water partition coefficient (Wildman–Crippen LogP) is 1.93. The number of methoxy groups -OCH3 is 2. The lowest BCUT2D eigenvalue weighted by atomic mass is 10.1. The quantitative estimate of drug-likeness (QED) is 0.837. The van der Waals surface area contributed by atoms with Crippen molar-refractivity contribution in [3.63, 3.8) is 0 Å². The molecule has 1 aliphatic heterocycles. The number of anilines is 1. The number of piperazine rings is 1. The normalized spacial score (nSPS) is 13.9. The first-order chi connectivity index (χ1) is 12.7. The second kappa shape index (κ2) is 7.74. The lowest BCUT2D eigenvalue weighted by Crippen LogP contribution is -2.49. The monoisotopic (exact) mass is 352 g/mol. The molecule has 1 saturated heterocycles. The van der Waals surface area contributed by atoms with Crippen molar-refractivity contribution in [3.8, 4) is 17.6 Å². The Morgan fingerprint density at radius 3 is 2.46 bits per heavy atom. The van der Waals surface area contributed by atoms with Crippen molar-refractivity contribution in [2.24, 2.45) is 0 Å². The highest BCUT2D eigenvalue weighted by Gasteiger charge is 2.26. The molecule has 0 N–H and O–H groups in total. The molecule has 0 aliphatic carbocycles. The number of benzene rings is 1. The van der Waals surface area contributed by atoms with Gasteiger partial charge in [0.25, 0.3) is 5.91 Å². The number of amides is 1. The molecule has 2 aromatic rings. The standard InChI is InChI=1S/C19H20N4O3/c1-25-16-5-3-4-15(18(16)26-2)19(24)23-10-8-22(9-11-23)17-7-6-14(12-20)13-21-17/h3-7,13H,8-11H2,1-2H3. The minimum Gasteiger partial charge on any atom is -0.493 e. The zero-order valence-electron chi connectivity index (χ0n) is 14.8. The molecular formula is C19H20N4O3. The average molecular weight is 352 g/mol. The summed E-state index contributed by atoms with van der Waals surface area (Å²) in [6, 6.07) is 10.9. The van der Waals surface area contributed by atoms with Crippen LogP contribution in [0, 0.1) is 11.3 Å². The largest absolute Gasteiger partial charge is 0.493 e. The second-order valence-corrected chi connectivity index (χ2v) is 5.84. The second-order valence-electron chi connectivity index (χ2n) is 5.84. The molecule has 0 unspecified atom stereocenters. The van der Waals surface area contributed by atoms with Crippen LogP contribution < -0.4 is 14.4 Å². The smallest absolute Gasteiger partial charge is 0.257 e. The van der Waals surface area contributed by atoms with Crippen LogP contribution in [0.25, 0.3) is 0 Å². The van der Waals surface area contributed by atoms with Crippen LogP contribution in [-0.4, -0.2) is 56.2 Å². The maximum atomic E-state index is 12.9. The zero-order valence-corrected chi connectivity index (χ0v) is 14.8. The third-order valence-corrected chi connectivity index (χ3v) is 4.40. The van der Waals surface area contributed by atoms with Gasteiger partial charge in [-0.15, -0.1) is 0 Å². The van der Waals surface area contributed by atoms with Gasteiger partial charge in [0.15, 0.2) is 11.5 Å². The topological polar surface area (TPSA) is 78.7 Å². The van der Waals surface area contributed by atoms with Gasteiger partial charge in [0.2, 0.25) is 0 Å². The minimum atomic E-state index is -0.0758. The lowest BCUT2D eigenvalue weighted by Gasteiger charge is -2.35. The first-order valence-electron chi connectivity index (χ1n) is 8.29. The fraction of sp³-hybridized carbons (Fsp3) is 0.316. The van der Waals surface area contributed by atoms with Crippen LogP contribution in [-0.2, 0) is 0 Å². The molecule has 1 amide bonds. The van der Waals surface area contributed by atoms with E-state index in [0.29, 0.717) is 48.8 Å². The Morgan fingerprint density at radius 1 is 1.12 bits per heavy atom. The molecule has 3 rings (SSSR count). The van der Waals surface area contributed by atoms with E-state index in [2.05, 4.69) is 16.0 Å². The van der Waals surface area contributed by atoms with Crippen LogP contribution >= 0.6 is 0 Å². The Balaban J connectivity index is 1.70. The van der Waals surface area contributed by atoms with Crippen LogP contribution in [0.15, 0.2) is 36.5 Å². The molecule has 1 aromatic heterocycles. The van der Waals surface area contributed by atoms with Crippen LogP contribution in [0.3, 0.4) is 0 Å². The molecule has 0 saturated carbocycles. The highest BCUT2D eigenvalue weighted by molar-refractivity contribution is 5.98. The van der Waals surface area contributed by atoms with Crippen LogP contribution in [0.4, 0.5) is 5.82 Å². The summed E-state index contributed by atoms with van der Waals surface area (Å²) >= 11 is 0. The molecule has 7 heteroatoms. The summed E-state index contributed by atoms with van der Waals surface area (Å²) in [6.07, 6.45) is 1.56. The van der Waals surface area contributed by atoms with E-state index in [0.717, 1.165) is 5.82 Å². The fourth-order valence-corrected chi connectivity index (χ4v) is 3.00. The molecule has 0 spiro atoms. The summed E-state index contributed by atoms with van der Waals surface area (Å²) in [5.41, 5.74) is 1.03. The van der Waals surface area contributed by atoms with Crippen molar-refractivity contribution in [2.75, 3.05) is 45.3 Å². The summed E-state index contributed by atoms with van der Waals surface area (Å²) in [5, 5.41) is 8.86. The van der Waals surface area contributed by atoms with Crippen molar-refractivity contribution in [3.05, 3.63) is 47.7 Å². The third-order valence-electron chi connectivity index (χ3n) is 4.40. The Bertz CT molecular complexity index is 822. The molecule has 0 bridgehead atoms. The van der Waals surface area contributed by atoms with Gasteiger partial charge in [-0.25, -0.2) is 4.98 Å². The molecule has 134 valence electrons. The highest BCUT2D eigenvalue weighted by atomic mass is 16.5. The SMILES string of the molecule is COc1cccc(C(=O)N2CCN(c3ccc(C#N)cn3)CC2)c1OC. The van der Waals surface area contributed by atoms with E-state index >= 15 is 0 Å². The molecule has 1 aliphatic rings. The van der Waals surface area contributed by atoms with Gasteiger partial charge in [-0.1, -0.05) is 6.07 Å². The van der Waals surface area contributed by atoms with E-state index in [9.17, 15) is 4.79 Å². The first-order valence-corrected chi connectivity index (χ1v) is 8.29. The molecule has 7 nitrogen and oxygen atoms in total. The summed E-state index contributed by atoms with van der Waals surface area (Å²) < 4.78 is 10.6. The number of aromatic nitrogens is 1. The Morgan fingerprint density at radius 2 is 1.88 bits per heavy atom. The van der Waals surface area contributed by atoms with Crippen molar-refractivity contribution in [2.45, 2.75) is 0 Å². The van der Waals surface area contributed by atoms with Crippen molar-refractivity contribution >= 4 is 11.7 Å². The number of carbonyl (C=O) groups excluding carboxylic acids is 1. The van der Waals surface area contributed by atoms with Gasteiger partial charge < -0.3 is 19.3 Å². The van der Waals surface area contributed by atoms with Crippen molar-refractivity contribution in [1.82, 2.24) is 9.88 Å². The average Bonchev–Trinajstić information content (AvgIpc) is 2.72. The van der Waals surface area contributed by atoms with Crippen molar-refractivity contribution < 1.29 is 14.3 Å². The minimum absolute atomic E-state index is 0.0758. The Labute approximate surface area is 152 Å². The van der Waals surface area contributed by atoms with Gasteiger partial charge in [-0.05, 0) is 24.3 Å². The van der Waals surface area contributed by atoms with E-state index in [-0.39, 0.29) is 5.91 Å². The van der Waals surface area contributed by atoms with Crippen LogP contribution in [0.5, 0.6) is 11.5 Å². The van der Waals surface area contributed by atoms with E-state index in [1.54, 1.807) is 42.5 Å². The Kier molecular flexibility index (Phi) is 5.23. The summed E-state index contributed by atoms with van der Waals surface area (Å²) in [6.45, 7) is 2.52. The van der Waals surface area contributed by atoms with Crippen molar-refractivity contribution in [1.29, 1.82) is 5.26 Å². The number of carbonyl (C=O) groups is 1. The van der Waals surface area contributed by atoms with Gasteiger partial charge in [0.1, 0.15) is 11.9 Å². The van der Waals surface area contributed by atoms with Crippen LogP contribution in [0.1, 0.15) is 15.9 Å². The number of hydrogen-bond donors (Lipinski definition) is 0. The van der Waals surface area contributed by atoms with Gasteiger partial charge in [-0.3, -0.25) is 4.79 Å². The van der Waals surface area contributed by atoms with E-state index in [4.69, 9.17) is 14.7 Å². The van der Waals surface area contributed by atoms with Crippen LogP contribution in [0.2, 0.25) is 0 Å². The fourth-order valence-electron chi connectivity index (χ4n) is 3.00. The third kappa shape index (κ3) is 3.40. The zero-order chi connectivity index (χ0) is 18.5. The first kappa shape index (κ1) is 17.5. The van der Waals surface area contributed by atoms with Gasteiger partial charge in [-0.2, -0.15) is 5.26 Å². The molecular weight excluding hydrogens is 332 g/mol. The molecule has 26 heavy (non-hydrogen) atoms. The summed E-state index contributed by atoms with van der Waals surface area (Å²) in [4.78, 5) is 21.1. The van der Waals surface area contributed by atoms with E-state index in [1.807, 2.05) is 6.07 Å². The number of ether oxygens (including phenoxy) is 2. The maximum absolute atomic E-state index is 12.9. The number of hydrogen-bond acceptors (Lipinski definition) is 6. The van der Waals surface area contributed by atoms with E-state index < -0.39 is 0 Å². The molecule has 0 atom stereocenters. The predicted molar refractivity (Wildman–Crippen MR) is 96.6 cm³/mol. The molecule has 0 radical (unpaired) electrons. The van der Waals surface area contributed by atoms with E-state index in [1.165, 1.54) is 7.11 Å². The Hall–Kier alpha value is -3.27. The number of rotatable bonds is 4.